The summed E-state index contributed by atoms with van der Waals surface area (Å²) in [5.41, 5.74) is 15.8. The molecule has 230 valence electrons. The number of phosphoric acid groups is 1. The third kappa shape index (κ3) is 7.08. The molecule has 1 unspecified atom stereocenters. The third-order valence-electron chi connectivity index (χ3n) is 7.45. The fourth-order valence-electron chi connectivity index (χ4n) is 5.34. The molecule has 1 aliphatic carbocycles. The number of phosphoric ester groups is 1. The summed E-state index contributed by atoms with van der Waals surface area (Å²) in [7, 11) is -4.21. The molecule has 3 aromatic carbocycles. The average Bonchev–Trinajstić information content (AvgIpc) is 3.30. The standard InChI is InChI=1S/C30H31N4O9P/c31-27(35)12-10-24(28(32)36)33-29(37)25(14-17-9-11-26-18(13-17)15-42-44(39,40)43-26)34-30(38)41-16-23-21-7-3-1-5-19(21)20-6-2-4-8-22(20)23/h1-9,11,13,23-25H,10,12,14-16H2,(H2,31,35)(H2,32,36)(H,33,37)(H,34,38)(H,39,40)/t24-,25-/m0/s1. The second kappa shape index (κ2) is 12.9. The number of carbonyl (C=O) groups excluding carboxylic acids is 4. The van der Waals surface area contributed by atoms with E-state index < -0.39 is 43.7 Å². The fraction of sp³-hybridized carbons (Fsp3) is 0.267. The first kappa shape index (κ1) is 30.7. The summed E-state index contributed by atoms with van der Waals surface area (Å²) in [6.45, 7) is -0.198. The number of nitrogens with one attached hydrogen (secondary N) is 2. The minimum Gasteiger partial charge on any atom is -0.449 e. The monoisotopic (exact) mass is 622 g/mol. The Morgan fingerprint density at radius 1 is 0.955 bits per heavy atom. The summed E-state index contributed by atoms with van der Waals surface area (Å²) in [6, 6.07) is 17.9. The van der Waals surface area contributed by atoms with E-state index in [4.69, 9.17) is 25.3 Å². The van der Waals surface area contributed by atoms with E-state index in [9.17, 15) is 28.6 Å². The van der Waals surface area contributed by atoms with Gasteiger partial charge in [0.05, 0.1) is 6.61 Å². The van der Waals surface area contributed by atoms with Gasteiger partial charge in [0, 0.05) is 24.3 Å². The number of alkyl carbamates (subject to hydrolysis) is 1. The van der Waals surface area contributed by atoms with Crippen molar-refractivity contribution in [1.29, 1.82) is 0 Å². The molecule has 0 saturated carbocycles. The number of amides is 4. The predicted molar refractivity (Wildman–Crippen MR) is 157 cm³/mol. The van der Waals surface area contributed by atoms with Gasteiger partial charge in [-0.1, -0.05) is 54.6 Å². The maximum absolute atomic E-state index is 13.4. The van der Waals surface area contributed by atoms with Crippen LogP contribution in [0.5, 0.6) is 5.75 Å². The van der Waals surface area contributed by atoms with Crippen molar-refractivity contribution in [3.8, 4) is 16.9 Å². The Bertz CT molecular complexity index is 1620. The molecule has 1 aliphatic heterocycles. The SMILES string of the molecule is NC(=O)CC[C@H](NC(=O)[C@H](Cc1ccc2c(c1)COP(=O)(O)O2)NC(=O)OCC1c2ccccc2-c2ccccc21)C(N)=O. The van der Waals surface area contributed by atoms with Gasteiger partial charge in [-0.3, -0.25) is 23.8 Å². The molecule has 0 fully saturated rings. The highest BCUT2D eigenvalue weighted by Crippen LogP contribution is 2.50. The van der Waals surface area contributed by atoms with Gasteiger partial charge < -0.3 is 31.4 Å². The van der Waals surface area contributed by atoms with Crippen molar-refractivity contribution in [2.24, 2.45) is 11.5 Å². The lowest BCUT2D eigenvalue weighted by atomic mass is 9.98. The number of benzene rings is 3. The van der Waals surface area contributed by atoms with E-state index in [0.717, 1.165) is 22.3 Å². The van der Waals surface area contributed by atoms with E-state index in [2.05, 4.69) is 10.6 Å². The number of hydrogen-bond acceptors (Lipinski definition) is 8. The van der Waals surface area contributed by atoms with Crippen molar-refractivity contribution in [3.05, 3.63) is 89.0 Å². The van der Waals surface area contributed by atoms with Crippen LogP contribution in [0.15, 0.2) is 66.7 Å². The van der Waals surface area contributed by atoms with Gasteiger partial charge in [0.2, 0.25) is 17.7 Å². The molecule has 13 nitrogen and oxygen atoms in total. The van der Waals surface area contributed by atoms with Crippen LogP contribution in [0, 0.1) is 0 Å². The molecule has 0 bridgehead atoms. The average molecular weight is 623 g/mol. The topological polar surface area (TPSA) is 209 Å². The first-order chi connectivity index (χ1) is 21.0. The number of fused-ring (bicyclic) bond motifs is 4. The van der Waals surface area contributed by atoms with Crippen molar-refractivity contribution in [2.75, 3.05) is 6.61 Å². The van der Waals surface area contributed by atoms with E-state index in [0.29, 0.717) is 11.1 Å². The van der Waals surface area contributed by atoms with Crippen molar-refractivity contribution >= 4 is 31.6 Å². The van der Waals surface area contributed by atoms with E-state index in [1.165, 1.54) is 6.07 Å². The summed E-state index contributed by atoms with van der Waals surface area (Å²) in [5, 5.41) is 5.06. The molecule has 3 atom stereocenters. The van der Waals surface area contributed by atoms with Gasteiger partial charge in [-0.2, -0.15) is 0 Å². The highest BCUT2D eigenvalue weighted by atomic mass is 31.2. The van der Waals surface area contributed by atoms with Crippen molar-refractivity contribution in [1.82, 2.24) is 10.6 Å². The lowest BCUT2D eigenvalue weighted by molar-refractivity contribution is -0.129. The number of rotatable bonds is 11. The van der Waals surface area contributed by atoms with E-state index in [1.807, 2.05) is 48.5 Å². The molecule has 0 radical (unpaired) electrons. The predicted octanol–water partition coefficient (Wildman–Crippen LogP) is 2.38. The van der Waals surface area contributed by atoms with Crippen LogP contribution in [0.4, 0.5) is 4.79 Å². The molecular formula is C30H31N4O9P. The summed E-state index contributed by atoms with van der Waals surface area (Å²) >= 11 is 0. The Labute approximate surface area is 252 Å². The molecule has 0 saturated heterocycles. The maximum Gasteiger partial charge on any atom is 0.527 e. The number of hydrogen-bond donors (Lipinski definition) is 5. The minimum absolute atomic E-state index is 0.00542. The quantitative estimate of drug-likeness (QED) is 0.199. The van der Waals surface area contributed by atoms with Crippen LogP contribution >= 0.6 is 7.82 Å². The highest BCUT2D eigenvalue weighted by Gasteiger charge is 2.32. The van der Waals surface area contributed by atoms with E-state index >= 15 is 0 Å². The second-order valence-corrected chi connectivity index (χ2v) is 11.8. The zero-order valence-electron chi connectivity index (χ0n) is 23.4. The molecule has 44 heavy (non-hydrogen) atoms. The lowest BCUT2D eigenvalue weighted by Crippen LogP contribution is -2.54. The van der Waals surface area contributed by atoms with Crippen LogP contribution in [-0.4, -0.2) is 47.4 Å². The van der Waals surface area contributed by atoms with E-state index in [1.54, 1.807) is 12.1 Å². The first-order valence-corrected chi connectivity index (χ1v) is 15.3. The first-order valence-electron chi connectivity index (χ1n) is 13.8. The van der Waals surface area contributed by atoms with Gasteiger partial charge in [0.1, 0.15) is 24.4 Å². The van der Waals surface area contributed by atoms with Crippen LogP contribution in [-0.2, 0) is 41.2 Å². The molecule has 5 rings (SSSR count). The van der Waals surface area contributed by atoms with Crippen LogP contribution in [0.2, 0.25) is 0 Å². The summed E-state index contributed by atoms with van der Waals surface area (Å²) in [5.74, 6) is -2.37. The van der Waals surface area contributed by atoms with Gasteiger partial charge in [0.25, 0.3) is 0 Å². The Morgan fingerprint density at radius 2 is 1.61 bits per heavy atom. The zero-order valence-corrected chi connectivity index (χ0v) is 24.3. The lowest BCUT2D eigenvalue weighted by Gasteiger charge is -2.24. The smallest absolute Gasteiger partial charge is 0.449 e. The van der Waals surface area contributed by atoms with Crippen molar-refractivity contribution in [2.45, 2.75) is 43.9 Å². The molecule has 0 spiro atoms. The summed E-state index contributed by atoms with van der Waals surface area (Å²) in [6.07, 6.45) is -1.26. The zero-order chi connectivity index (χ0) is 31.4. The van der Waals surface area contributed by atoms with Gasteiger partial charge in [0.15, 0.2) is 0 Å². The second-order valence-electron chi connectivity index (χ2n) is 10.5. The molecule has 7 N–H and O–H groups in total. The Balaban J connectivity index is 1.32. The van der Waals surface area contributed by atoms with Crippen LogP contribution in [0.25, 0.3) is 11.1 Å². The maximum atomic E-state index is 13.4. The normalized spacial score (nSPS) is 18.0. The number of carbonyl (C=O) groups is 4. The third-order valence-corrected chi connectivity index (χ3v) is 8.34. The van der Waals surface area contributed by atoms with Crippen molar-refractivity contribution < 1.29 is 42.4 Å². The molecular weight excluding hydrogens is 591 g/mol. The Kier molecular flexibility index (Phi) is 9.00. The van der Waals surface area contributed by atoms with Crippen LogP contribution in [0.1, 0.15) is 41.0 Å². The van der Waals surface area contributed by atoms with Crippen molar-refractivity contribution in [3.63, 3.8) is 0 Å². The molecule has 0 aromatic heterocycles. The van der Waals surface area contributed by atoms with Crippen LogP contribution in [0.3, 0.4) is 0 Å². The Hall–Kier alpha value is -4.71. The molecule has 3 aromatic rings. The highest BCUT2D eigenvalue weighted by molar-refractivity contribution is 7.47. The van der Waals surface area contributed by atoms with Gasteiger partial charge >= 0.3 is 13.9 Å². The molecule has 4 amide bonds. The number of ether oxygens (including phenoxy) is 1. The number of nitrogens with two attached hydrogens (primary N) is 2. The van der Waals surface area contributed by atoms with Gasteiger partial charge in [-0.25, -0.2) is 9.36 Å². The summed E-state index contributed by atoms with van der Waals surface area (Å²) in [4.78, 5) is 59.3. The Morgan fingerprint density at radius 3 is 2.25 bits per heavy atom. The minimum atomic E-state index is -4.21. The largest absolute Gasteiger partial charge is 0.527 e. The number of primary amides is 2. The summed E-state index contributed by atoms with van der Waals surface area (Å²) < 4.78 is 27.2. The van der Waals surface area contributed by atoms with Gasteiger partial charge in [-0.15, -0.1) is 0 Å². The molecule has 14 heteroatoms. The van der Waals surface area contributed by atoms with E-state index in [-0.39, 0.29) is 44.1 Å². The van der Waals surface area contributed by atoms with Gasteiger partial charge in [-0.05, 0) is 46.4 Å². The molecule has 2 aliphatic rings. The van der Waals surface area contributed by atoms with Crippen LogP contribution < -0.4 is 26.6 Å². The molecule has 1 heterocycles. The fourth-order valence-corrected chi connectivity index (χ4v) is 6.12.